The van der Waals surface area contributed by atoms with Crippen LogP contribution < -0.4 is 5.32 Å². The zero-order valence-corrected chi connectivity index (χ0v) is 13.1. The molecule has 106 valence electrons. The first kappa shape index (κ1) is 14.9. The molecule has 0 aromatic heterocycles. The lowest BCUT2D eigenvalue weighted by Crippen LogP contribution is -2.31. The van der Waals surface area contributed by atoms with Gasteiger partial charge in [0, 0.05) is 17.3 Å². The van der Waals surface area contributed by atoms with Gasteiger partial charge in [0.15, 0.2) is 0 Å². The second-order valence-electron chi connectivity index (χ2n) is 5.51. The van der Waals surface area contributed by atoms with Crippen molar-refractivity contribution in [2.75, 3.05) is 5.75 Å². The summed E-state index contributed by atoms with van der Waals surface area (Å²) in [5.74, 6) is 1.26. The van der Waals surface area contributed by atoms with Crippen molar-refractivity contribution < 1.29 is 0 Å². The molecule has 2 heteroatoms. The van der Waals surface area contributed by atoms with Gasteiger partial charge in [-0.25, -0.2) is 0 Å². The Labute approximate surface area is 122 Å². The fourth-order valence-electron chi connectivity index (χ4n) is 3.08. The van der Waals surface area contributed by atoms with E-state index in [2.05, 4.69) is 61.3 Å². The highest BCUT2D eigenvalue weighted by Gasteiger charge is 2.26. The fourth-order valence-corrected chi connectivity index (χ4v) is 4.23. The van der Waals surface area contributed by atoms with E-state index in [4.69, 9.17) is 0 Å². The van der Waals surface area contributed by atoms with E-state index >= 15 is 0 Å². The molecule has 3 atom stereocenters. The van der Waals surface area contributed by atoms with Gasteiger partial charge in [0.25, 0.3) is 0 Å². The van der Waals surface area contributed by atoms with Crippen LogP contribution in [0.1, 0.15) is 57.6 Å². The Morgan fingerprint density at radius 1 is 1.21 bits per heavy atom. The van der Waals surface area contributed by atoms with Crippen molar-refractivity contribution in [3.8, 4) is 0 Å². The smallest absolute Gasteiger partial charge is 0.0322 e. The van der Waals surface area contributed by atoms with Crippen molar-refractivity contribution in [1.29, 1.82) is 0 Å². The minimum Gasteiger partial charge on any atom is -0.307 e. The maximum absolute atomic E-state index is 3.91. The van der Waals surface area contributed by atoms with Crippen LogP contribution in [0.25, 0.3) is 0 Å². The Kier molecular flexibility index (Phi) is 6.25. The topological polar surface area (TPSA) is 12.0 Å². The van der Waals surface area contributed by atoms with Crippen LogP contribution in [-0.4, -0.2) is 17.0 Å². The molecule has 2 rings (SSSR count). The molecule has 0 bridgehead atoms. The second-order valence-corrected chi connectivity index (χ2v) is 7.08. The summed E-state index contributed by atoms with van der Waals surface area (Å²) in [5, 5.41) is 4.80. The van der Waals surface area contributed by atoms with Crippen molar-refractivity contribution in [3.63, 3.8) is 0 Å². The van der Waals surface area contributed by atoms with Crippen molar-refractivity contribution in [2.24, 2.45) is 0 Å². The molecule has 0 spiro atoms. The summed E-state index contributed by atoms with van der Waals surface area (Å²) in [4.78, 5) is 0. The third-order valence-corrected chi connectivity index (χ3v) is 5.24. The zero-order chi connectivity index (χ0) is 13.5. The Hall–Kier alpha value is -0.470. The first-order chi connectivity index (χ1) is 9.33. The van der Waals surface area contributed by atoms with E-state index in [0.29, 0.717) is 6.04 Å². The lowest BCUT2D eigenvalue weighted by molar-refractivity contribution is 0.417. The van der Waals surface area contributed by atoms with Gasteiger partial charge < -0.3 is 5.32 Å². The third kappa shape index (κ3) is 4.54. The summed E-state index contributed by atoms with van der Waals surface area (Å²) in [6, 6.07) is 12.2. The fraction of sp³-hybridized carbons (Fsp3) is 0.647. The molecular formula is C17H27NS. The number of hydrogen-bond acceptors (Lipinski definition) is 2. The molecule has 0 aliphatic heterocycles. The van der Waals surface area contributed by atoms with Gasteiger partial charge in [-0.15, -0.1) is 0 Å². The summed E-state index contributed by atoms with van der Waals surface area (Å²) in [6.07, 6.45) is 6.58. The Bertz CT molecular complexity index is 352. The van der Waals surface area contributed by atoms with Gasteiger partial charge in [-0.2, -0.15) is 11.8 Å². The molecule has 1 aliphatic rings. The summed E-state index contributed by atoms with van der Waals surface area (Å²) in [7, 11) is 0. The normalized spacial score (nSPS) is 24.5. The van der Waals surface area contributed by atoms with Crippen LogP contribution in [0.4, 0.5) is 0 Å². The van der Waals surface area contributed by atoms with Crippen molar-refractivity contribution in [3.05, 3.63) is 35.9 Å². The summed E-state index contributed by atoms with van der Waals surface area (Å²) in [6.45, 7) is 4.55. The average Bonchev–Trinajstić information content (AvgIpc) is 2.87. The SMILES string of the molecule is CCCC(NC1CCC(SCC)C1)c1ccccc1. The zero-order valence-electron chi connectivity index (χ0n) is 12.3. The molecule has 1 nitrogen and oxygen atoms in total. The molecule has 0 amide bonds. The summed E-state index contributed by atoms with van der Waals surface area (Å²) < 4.78 is 0. The highest BCUT2D eigenvalue weighted by atomic mass is 32.2. The first-order valence-corrected chi connectivity index (χ1v) is 8.81. The van der Waals surface area contributed by atoms with Crippen LogP contribution >= 0.6 is 11.8 Å². The quantitative estimate of drug-likeness (QED) is 0.769. The van der Waals surface area contributed by atoms with Gasteiger partial charge in [0.1, 0.15) is 0 Å². The van der Waals surface area contributed by atoms with E-state index in [-0.39, 0.29) is 0 Å². The molecular weight excluding hydrogens is 250 g/mol. The number of nitrogens with one attached hydrogen (secondary N) is 1. The second kappa shape index (κ2) is 7.96. The van der Waals surface area contributed by atoms with Crippen LogP contribution in [0.2, 0.25) is 0 Å². The lowest BCUT2D eigenvalue weighted by Gasteiger charge is -2.23. The molecule has 0 saturated heterocycles. The number of rotatable bonds is 7. The predicted octanol–water partition coefficient (Wildman–Crippen LogP) is 4.79. The molecule has 0 radical (unpaired) electrons. The number of hydrogen-bond donors (Lipinski definition) is 1. The van der Waals surface area contributed by atoms with Crippen molar-refractivity contribution in [2.45, 2.75) is 63.3 Å². The van der Waals surface area contributed by atoms with Gasteiger partial charge in [0.2, 0.25) is 0 Å². The van der Waals surface area contributed by atoms with Crippen molar-refractivity contribution in [1.82, 2.24) is 5.32 Å². The van der Waals surface area contributed by atoms with E-state index < -0.39 is 0 Å². The average molecular weight is 277 g/mol. The number of thioether (sulfide) groups is 1. The maximum atomic E-state index is 3.91. The first-order valence-electron chi connectivity index (χ1n) is 7.76. The third-order valence-electron chi connectivity index (χ3n) is 4.00. The standard InChI is InChI=1S/C17H27NS/c1-3-8-17(14-9-6-5-7-10-14)18-15-11-12-16(13-15)19-4-2/h5-7,9-10,15-18H,3-4,8,11-13H2,1-2H3. The van der Waals surface area contributed by atoms with E-state index in [1.807, 2.05) is 0 Å². The molecule has 1 N–H and O–H groups in total. The Morgan fingerprint density at radius 3 is 2.68 bits per heavy atom. The summed E-state index contributed by atoms with van der Waals surface area (Å²) >= 11 is 2.14. The molecule has 19 heavy (non-hydrogen) atoms. The van der Waals surface area contributed by atoms with Gasteiger partial charge in [-0.05, 0) is 37.0 Å². The van der Waals surface area contributed by atoms with E-state index in [1.165, 1.54) is 43.4 Å². The molecule has 3 unspecified atom stereocenters. The molecule has 1 aliphatic carbocycles. The largest absolute Gasteiger partial charge is 0.307 e. The van der Waals surface area contributed by atoms with E-state index in [0.717, 1.165) is 11.3 Å². The van der Waals surface area contributed by atoms with Gasteiger partial charge >= 0.3 is 0 Å². The van der Waals surface area contributed by atoms with E-state index in [9.17, 15) is 0 Å². The van der Waals surface area contributed by atoms with Crippen LogP contribution in [0.3, 0.4) is 0 Å². The minimum absolute atomic E-state index is 0.543. The summed E-state index contributed by atoms with van der Waals surface area (Å²) in [5.41, 5.74) is 1.45. The van der Waals surface area contributed by atoms with Crippen molar-refractivity contribution >= 4 is 11.8 Å². The minimum atomic E-state index is 0.543. The Morgan fingerprint density at radius 2 is 2.00 bits per heavy atom. The van der Waals surface area contributed by atoms with Crippen LogP contribution in [0, 0.1) is 0 Å². The highest BCUT2D eigenvalue weighted by Crippen LogP contribution is 2.31. The monoisotopic (exact) mass is 277 g/mol. The lowest BCUT2D eigenvalue weighted by atomic mass is 10.0. The highest BCUT2D eigenvalue weighted by molar-refractivity contribution is 7.99. The molecule has 1 fully saturated rings. The molecule has 1 saturated carbocycles. The molecule has 1 aromatic rings. The predicted molar refractivity (Wildman–Crippen MR) is 86.8 cm³/mol. The molecule has 1 aromatic carbocycles. The molecule has 0 heterocycles. The van der Waals surface area contributed by atoms with Gasteiger partial charge in [-0.3, -0.25) is 0 Å². The Balaban J connectivity index is 1.91. The van der Waals surface area contributed by atoms with Gasteiger partial charge in [0.05, 0.1) is 0 Å². The van der Waals surface area contributed by atoms with E-state index in [1.54, 1.807) is 0 Å². The van der Waals surface area contributed by atoms with Gasteiger partial charge in [-0.1, -0.05) is 50.6 Å². The van der Waals surface area contributed by atoms with Crippen LogP contribution in [0.15, 0.2) is 30.3 Å². The van der Waals surface area contributed by atoms with Crippen LogP contribution in [0.5, 0.6) is 0 Å². The van der Waals surface area contributed by atoms with Crippen LogP contribution in [-0.2, 0) is 0 Å². The maximum Gasteiger partial charge on any atom is 0.0322 e. The number of benzene rings is 1.